The molecule has 0 unspecified atom stereocenters. The van der Waals surface area contributed by atoms with E-state index in [0.29, 0.717) is 40.2 Å². The highest BCUT2D eigenvalue weighted by Crippen LogP contribution is 2.30. The first kappa shape index (κ1) is 20.1. The van der Waals surface area contributed by atoms with Crippen molar-refractivity contribution in [1.82, 2.24) is 14.5 Å². The summed E-state index contributed by atoms with van der Waals surface area (Å²) >= 11 is 0. The maximum Gasteiger partial charge on any atom is 0.261 e. The molecule has 166 valence electrons. The van der Waals surface area contributed by atoms with Crippen molar-refractivity contribution in [3.63, 3.8) is 0 Å². The van der Waals surface area contributed by atoms with Crippen molar-refractivity contribution in [1.29, 1.82) is 0 Å². The molecule has 3 aromatic carbocycles. The number of aryl methyl sites for hydroxylation is 1. The number of hydrogen-bond acceptors (Lipinski definition) is 5. The maximum atomic E-state index is 12.9. The number of para-hydroxylation sites is 1. The molecule has 1 amide bonds. The van der Waals surface area contributed by atoms with Crippen LogP contribution in [0.1, 0.15) is 22.6 Å². The van der Waals surface area contributed by atoms with Crippen LogP contribution in [-0.4, -0.2) is 20.4 Å². The van der Waals surface area contributed by atoms with Crippen molar-refractivity contribution in [2.24, 2.45) is 0 Å². The SMILES string of the molecule is O=C(Nc1cccc(Oc2ccnc3ccccc23)c1)c1ccc2c(=O)n3c(nc2c1)CCC3. The summed E-state index contributed by atoms with van der Waals surface area (Å²) in [6.45, 7) is 0.701. The molecule has 0 atom stereocenters. The minimum absolute atomic E-state index is 0.0436. The Morgan fingerprint density at radius 2 is 1.85 bits per heavy atom. The Morgan fingerprint density at radius 1 is 0.941 bits per heavy atom. The fraction of sp³-hybridized carbons (Fsp3) is 0.111. The van der Waals surface area contributed by atoms with Gasteiger partial charge in [-0.25, -0.2) is 4.98 Å². The van der Waals surface area contributed by atoms with Gasteiger partial charge < -0.3 is 10.1 Å². The van der Waals surface area contributed by atoms with E-state index in [-0.39, 0.29) is 11.5 Å². The first-order valence-electron chi connectivity index (χ1n) is 11.1. The molecule has 1 N–H and O–H groups in total. The number of ether oxygens (including phenoxy) is 1. The normalized spacial score (nSPS) is 12.6. The van der Waals surface area contributed by atoms with Gasteiger partial charge in [0.05, 0.1) is 16.4 Å². The van der Waals surface area contributed by atoms with E-state index >= 15 is 0 Å². The van der Waals surface area contributed by atoms with Crippen LogP contribution in [-0.2, 0) is 13.0 Å². The van der Waals surface area contributed by atoms with Crippen molar-refractivity contribution in [3.05, 3.63) is 101 Å². The molecule has 0 aliphatic carbocycles. The van der Waals surface area contributed by atoms with E-state index in [4.69, 9.17) is 4.74 Å². The summed E-state index contributed by atoms with van der Waals surface area (Å²) in [4.78, 5) is 34.6. The third-order valence-electron chi connectivity index (χ3n) is 6.01. The molecule has 0 spiro atoms. The number of carbonyl (C=O) groups is 1. The summed E-state index contributed by atoms with van der Waals surface area (Å²) < 4.78 is 7.82. The van der Waals surface area contributed by atoms with Gasteiger partial charge in [-0.15, -0.1) is 0 Å². The standard InChI is InChI=1S/C27H20N4O3/c32-26(17-10-11-21-23(15-17)30-25-9-4-14-31(25)27(21)33)29-18-5-3-6-19(16-18)34-24-12-13-28-22-8-2-1-7-20(22)24/h1-3,5-8,10-13,15-16H,4,9,14H2,(H,29,32). The number of nitrogens with zero attached hydrogens (tertiary/aromatic N) is 3. The third kappa shape index (κ3) is 3.57. The summed E-state index contributed by atoms with van der Waals surface area (Å²) in [5, 5.41) is 4.35. The lowest BCUT2D eigenvalue weighted by molar-refractivity contribution is 0.102. The number of amides is 1. The number of anilines is 1. The lowest BCUT2D eigenvalue weighted by Gasteiger charge is -2.11. The van der Waals surface area contributed by atoms with E-state index in [2.05, 4.69) is 15.3 Å². The molecule has 0 saturated heterocycles. The second-order valence-electron chi connectivity index (χ2n) is 8.23. The summed E-state index contributed by atoms with van der Waals surface area (Å²) in [7, 11) is 0. The highest BCUT2D eigenvalue weighted by molar-refractivity contribution is 6.06. The van der Waals surface area contributed by atoms with Gasteiger partial charge in [0, 0.05) is 41.9 Å². The molecule has 0 saturated carbocycles. The first-order valence-corrected chi connectivity index (χ1v) is 11.1. The van der Waals surface area contributed by atoms with Gasteiger partial charge in [0.15, 0.2) is 0 Å². The van der Waals surface area contributed by atoms with Crippen LogP contribution in [0.15, 0.2) is 83.8 Å². The first-order chi connectivity index (χ1) is 16.7. The molecule has 34 heavy (non-hydrogen) atoms. The van der Waals surface area contributed by atoms with Crippen LogP contribution in [0.25, 0.3) is 21.8 Å². The Bertz CT molecular complexity index is 1640. The number of nitrogens with one attached hydrogen (secondary N) is 1. The molecular formula is C27H20N4O3. The van der Waals surface area contributed by atoms with Gasteiger partial charge in [-0.1, -0.05) is 18.2 Å². The Balaban J connectivity index is 1.26. The number of benzene rings is 3. The number of rotatable bonds is 4. The average molecular weight is 448 g/mol. The summed E-state index contributed by atoms with van der Waals surface area (Å²) in [6.07, 6.45) is 3.40. The minimum atomic E-state index is -0.282. The molecule has 6 rings (SSSR count). The zero-order chi connectivity index (χ0) is 23.1. The molecule has 1 aliphatic heterocycles. The number of pyridine rings is 1. The Morgan fingerprint density at radius 3 is 2.79 bits per heavy atom. The molecule has 0 fully saturated rings. The van der Waals surface area contributed by atoms with Crippen LogP contribution in [0.2, 0.25) is 0 Å². The van der Waals surface area contributed by atoms with Gasteiger partial charge in [0.25, 0.3) is 11.5 Å². The lowest BCUT2D eigenvalue weighted by Crippen LogP contribution is -2.21. The van der Waals surface area contributed by atoms with Crippen LogP contribution in [0.3, 0.4) is 0 Å². The fourth-order valence-electron chi connectivity index (χ4n) is 4.35. The molecule has 2 aromatic heterocycles. The van der Waals surface area contributed by atoms with Gasteiger partial charge in [-0.2, -0.15) is 0 Å². The van der Waals surface area contributed by atoms with E-state index in [0.717, 1.165) is 29.6 Å². The van der Waals surface area contributed by atoms with Crippen LogP contribution >= 0.6 is 0 Å². The molecule has 3 heterocycles. The second-order valence-corrected chi connectivity index (χ2v) is 8.23. The fourth-order valence-corrected chi connectivity index (χ4v) is 4.35. The van der Waals surface area contributed by atoms with E-state index in [1.807, 2.05) is 42.5 Å². The van der Waals surface area contributed by atoms with E-state index in [9.17, 15) is 9.59 Å². The quantitative estimate of drug-likeness (QED) is 0.421. The zero-order valence-electron chi connectivity index (χ0n) is 18.2. The Hall–Kier alpha value is -4.52. The average Bonchev–Trinajstić information content (AvgIpc) is 3.33. The Labute approximate surface area is 194 Å². The summed E-state index contributed by atoms with van der Waals surface area (Å²) in [5.74, 6) is 1.78. The molecule has 0 radical (unpaired) electrons. The van der Waals surface area contributed by atoms with Crippen LogP contribution in [0.4, 0.5) is 5.69 Å². The predicted octanol–water partition coefficient (Wildman–Crippen LogP) is 4.94. The molecule has 0 bridgehead atoms. The molecule has 7 heteroatoms. The maximum absolute atomic E-state index is 12.9. The smallest absolute Gasteiger partial charge is 0.261 e. The van der Waals surface area contributed by atoms with Gasteiger partial charge in [0.2, 0.25) is 0 Å². The van der Waals surface area contributed by atoms with Crippen molar-refractivity contribution in [3.8, 4) is 11.5 Å². The molecule has 7 nitrogen and oxygen atoms in total. The Kier molecular flexibility index (Phi) is 4.80. The second kappa shape index (κ2) is 8.12. The van der Waals surface area contributed by atoms with E-state index < -0.39 is 0 Å². The molecule has 5 aromatic rings. The molecular weight excluding hydrogens is 428 g/mol. The monoisotopic (exact) mass is 448 g/mol. The van der Waals surface area contributed by atoms with E-state index in [1.54, 1.807) is 41.1 Å². The number of fused-ring (bicyclic) bond motifs is 3. The minimum Gasteiger partial charge on any atom is -0.457 e. The third-order valence-corrected chi connectivity index (χ3v) is 6.01. The van der Waals surface area contributed by atoms with Crippen molar-refractivity contribution >= 4 is 33.4 Å². The van der Waals surface area contributed by atoms with Crippen molar-refractivity contribution in [2.75, 3.05) is 5.32 Å². The summed E-state index contributed by atoms with van der Waals surface area (Å²) in [6, 6.07) is 21.8. The highest BCUT2D eigenvalue weighted by atomic mass is 16.5. The van der Waals surface area contributed by atoms with Gasteiger partial charge in [-0.05, 0) is 55.0 Å². The van der Waals surface area contributed by atoms with E-state index in [1.165, 1.54) is 0 Å². The van der Waals surface area contributed by atoms with Crippen molar-refractivity contribution in [2.45, 2.75) is 19.4 Å². The van der Waals surface area contributed by atoms with Crippen LogP contribution in [0, 0.1) is 0 Å². The lowest BCUT2D eigenvalue weighted by atomic mass is 10.1. The number of carbonyl (C=O) groups excluding carboxylic acids is 1. The predicted molar refractivity (Wildman–Crippen MR) is 131 cm³/mol. The van der Waals surface area contributed by atoms with Crippen LogP contribution in [0.5, 0.6) is 11.5 Å². The molecule has 1 aliphatic rings. The van der Waals surface area contributed by atoms with Gasteiger partial charge >= 0.3 is 0 Å². The van der Waals surface area contributed by atoms with Crippen molar-refractivity contribution < 1.29 is 9.53 Å². The zero-order valence-corrected chi connectivity index (χ0v) is 18.2. The largest absolute Gasteiger partial charge is 0.457 e. The topological polar surface area (TPSA) is 86.1 Å². The van der Waals surface area contributed by atoms with Gasteiger partial charge in [0.1, 0.15) is 17.3 Å². The number of hydrogen-bond donors (Lipinski definition) is 1. The summed E-state index contributed by atoms with van der Waals surface area (Å²) in [5.41, 5.74) is 2.39. The van der Waals surface area contributed by atoms with Gasteiger partial charge in [-0.3, -0.25) is 19.1 Å². The highest BCUT2D eigenvalue weighted by Gasteiger charge is 2.17. The van der Waals surface area contributed by atoms with Crippen LogP contribution < -0.4 is 15.6 Å². The number of aromatic nitrogens is 3.